The van der Waals surface area contributed by atoms with E-state index in [1.165, 1.54) is 12.1 Å². The Hall–Kier alpha value is -1.20. The number of nitrogens with one attached hydrogen (secondary N) is 1. The highest BCUT2D eigenvalue weighted by atomic mass is 79.9. The molecule has 5 heteroatoms. The van der Waals surface area contributed by atoms with Crippen LogP contribution in [0.3, 0.4) is 0 Å². The lowest BCUT2D eigenvalue weighted by Crippen LogP contribution is -2.22. The van der Waals surface area contributed by atoms with Crippen molar-refractivity contribution < 1.29 is 4.39 Å². The zero-order chi connectivity index (χ0) is 13.1. The third-order valence-corrected chi connectivity index (χ3v) is 3.70. The third-order valence-electron chi connectivity index (χ3n) is 2.96. The molecule has 2 rings (SSSR count). The molecule has 0 aliphatic heterocycles. The number of hydrogen-bond donors (Lipinski definition) is 1. The van der Waals surface area contributed by atoms with E-state index >= 15 is 0 Å². The van der Waals surface area contributed by atoms with Gasteiger partial charge in [-0.05, 0) is 31.2 Å². The topological polar surface area (TPSA) is 29.9 Å². The van der Waals surface area contributed by atoms with Crippen molar-refractivity contribution in [3.63, 3.8) is 0 Å². The van der Waals surface area contributed by atoms with E-state index in [4.69, 9.17) is 0 Å². The summed E-state index contributed by atoms with van der Waals surface area (Å²) in [5.41, 5.74) is 1.05. The summed E-state index contributed by atoms with van der Waals surface area (Å²) in [6, 6.07) is 4.87. The van der Waals surface area contributed by atoms with Crippen LogP contribution in [0.1, 0.15) is 17.4 Å². The summed E-state index contributed by atoms with van der Waals surface area (Å²) in [4.78, 5) is 4.34. The normalized spacial score (nSPS) is 12.7. The largest absolute Gasteiger partial charge is 0.337 e. The molecule has 0 saturated heterocycles. The van der Waals surface area contributed by atoms with E-state index in [0.717, 1.165) is 22.3 Å². The van der Waals surface area contributed by atoms with Crippen molar-refractivity contribution in [2.24, 2.45) is 7.05 Å². The number of hydrogen-bond acceptors (Lipinski definition) is 2. The molecular weight excluding hydrogens is 297 g/mol. The summed E-state index contributed by atoms with van der Waals surface area (Å²) in [6.07, 6.45) is 4.45. The highest BCUT2D eigenvalue weighted by Crippen LogP contribution is 2.23. The number of likely N-dealkylation sites (N-methyl/N-ethyl adjacent to an activating group) is 1. The van der Waals surface area contributed by atoms with Crippen molar-refractivity contribution in [2.45, 2.75) is 12.5 Å². The monoisotopic (exact) mass is 311 g/mol. The van der Waals surface area contributed by atoms with Gasteiger partial charge in [0.1, 0.15) is 11.6 Å². The number of benzene rings is 1. The van der Waals surface area contributed by atoms with Gasteiger partial charge < -0.3 is 9.88 Å². The van der Waals surface area contributed by atoms with Gasteiger partial charge in [0.15, 0.2) is 0 Å². The third kappa shape index (κ3) is 2.79. The lowest BCUT2D eigenvalue weighted by atomic mass is 10.1. The van der Waals surface area contributed by atoms with Gasteiger partial charge >= 0.3 is 0 Å². The fourth-order valence-electron chi connectivity index (χ4n) is 1.94. The Kier molecular flexibility index (Phi) is 4.14. The first-order valence-electron chi connectivity index (χ1n) is 5.70. The number of aromatic nitrogens is 2. The van der Waals surface area contributed by atoms with Gasteiger partial charge in [0.25, 0.3) is 0 Å². The molecule has 0 radical (unpaired) electrons. The Balaban J connectivity index is 2.23. The van der Waals surface area contributed by atoms with Crippen molar-refractivity contribution in [3.8, 4) is 0 Å². The van der Waals surface area contributed by atoms with E-state index in [-0.39, 0.29) is 11.9 Å². The second-order valence-electron chi connectivity index (χ2n) is 4.18. The molecule has 0 aliphatic carbocycles. The fraction of sp³-hybridized carbons (Fsp3) is 0.308. The molecule has 1 aromatic carbocycles. The number of rotatable bonds is 4. The van der Waals surface area contributed by atoms with E-state index in [2.05, 4.69) is 26.2 Å². The lowest BCUT2D eigenvalue weighted by Gasteiger charge is -2.17. The minimum absolute atomic E-state index is 0.103. The Labute approximate surface area is 114 Å². The SMILES string of the molecule is CNC(Cc1ccc(F)cc1Br)c1nccn1C. The van der Waals surface area contributed by atoms with Gasteiger partial charge in [-0.2, -0.15) is 0 Å². The molecule has 1 atom stereocenters. The first-order chi connectivity index (χ1) is 8.61. The number of halogens is 2. The molecular formula is C13H15BrFN3. The first kappa shape index (κ1) is 13.2. The lowest BCUT2D eigenvalue weighted by molar-refractivity contribution is 0.536. The Morgan fingerprint density at radius 1 is 1.50 bits per heavy atom. The predicted molar refractivity (Wildman–Crippen MR) is 72.8 cm³/mol. The molecule has 1 unspecified atom stereocenters. The standard InChI is InChI=1S/C13H15BrFN3/c1-16-12(13-17-5-6-18(13)2)7-9-3-4-10(15)8-11(9)14/h3-6,8,12,16H,7H2,1-2H3. The van der Waals surface area contributed by atoms with Crippen LogP contribution in [0.2, 0.25) is 0 Å². The molecule has 18 heavy (non-hydrogen) atoms. The molecule has 0 fully saturated rings. The number of imidazole rings is 1. The van der Waals surface area contributed by atoms with Crippen LogP contribution in [0.5, 0.6) is 0 Å². The van der Waals surface area contributed by atoms with Crippen LogP contribution in [0, 0.1) is 5.82 Å². The van der Waals surface area contributed by atoms with Gasteiger partial charge in [-0.15, -0.1) is 0 Å². The predicted octanol–water partition coefficient (Wildman–Crippen LogP) is 2.82. The summed E-state index contributed by atoms with van der Waals surface area (Å²) in [7, 11) is 3.86. The van der Waals surface area contributed by atoms with Gasteiger partial charge in [-0.25, -0.2) is 9.37 Å². The van der Waals surface area contributed by atoms with Crippen molar-refractivity contribution in [1.82, 2.24) is 14.9 Å². The van der Waals surface area contributed by atoms with Crippen LogP contribution in [-0.2, 0) is 13.5 Å². The van der Waals surface area contributed by atoms with Gasteiger partial charge in [0, 0.05) is 23.9 Å². The molecule has 0 saturated carbocycles. The highest BCUT2D eigenvalue weighted by molar-refractivity contribution is 9.10. The van der Waals surface area contributed by atoms with Crippen molar-refractivity contribution in [3.05, 3.63) is 52.3 Å². The molecule has 1 heterocycles. The summed E-state index contributed by atoms with van der Waals surface area (Å²) in [6.45, 7) is 0. The maximum absolute atomic E-state index is 13.0. The van der Waals surface area contributed by atoms with E-state index < -0.39 is 0 Å². The molecule has 0 spiro atoms. The van der Waals surface area contributed by atoms with Crippen LogP contribution in [0.4, 0.5) is 4.39 Å². The average Bonchev–Trinajstić information content (AvgIpc) is 2.75. The number of aryl methyl sites for hydroxylation is 1. The van der Waals surface area contributed by atoms with E-state index in [1.807, 2.05) is 24.9 Å². The molecule has 0 amide bonds. The molecule has 2 aromatic rings. The summed E-state index contributed by atoms with van der Waals surface area (Å²) >= 11 is 3.39. The van der Waals surface area contributed by atoms with Crippen LogP contribution < -0.4 is 5.32 Å². The average molecular weight is 312 g/mol. The van der Waals surface area contributed by atoms with Crippen molar-refractivity contribution >= 4 is 15.9 Å². The minimum Gasteiger partial charge on any atom is -0.337 e. The quantitative estimate of drug-likeness (QED) is 0.941. The van der Waals surface area contributed by atoms with Crippen molar-refractivity contribution in [1.29, 1.82) is 0 Å². The van der Waals surface area contributed by atoms with E-state index in [9.17, 15) is 4.39 Å². The Morgan fingerprint density at radius 2 is 2.28 bits per heavy atom. The number of nitrogens with zero attached hydrogens (tertiary/aromatic N) is 2. The smallest absolute Gasteiger partial charge is 0.125 e. The van der Waals surface area contributed by atoms with Crippen LogP contribution in [0.25, 0.3) is 0 Å². The Morgan fingerprint density at radius 3 is 2.83 bits per heavy atom. The summed E-state index contributed by atoms with van der Waals surface area (Å²) < 4.78 is 15.8. The Bertz CT molecular complexity index is 539. The van der Waals surface area contributed by atoms with Gasteiger partial charge in [0.05, 0.1) is 6.04 Å². The van der Waals surface area contributed by atoms with E-state index in [1.54, 1.807) is 12.3 Å². The summed E-state index contributed by atoms with van der Waals surface area (Å²) in [5, 5.41) is 3.24. The maximum Gasteiger partial charge on any atom is 0.125 e. The first-order valence-corrected chi connectivity index (χ1v) is 6.49. The minimum atomic E-state index is -0.233. The van der Waals surface area contributed by atoms with Gasteiger partial charge in [-0.3, -0.25) is 0 Å². The summed E-state index contributed by atoms with van der Waals surface area (Å²) in [5.74, 6) is 0.734. The molecule has 0 aliphatic rings. The van der Waals surface area contributed by atoms with Crippen LogP contribution >= 0.6 is 15.9 Å². The maximum atomic E-state index is 13.0. The molecule has 1 N–H and O–H groups in total. The fourth-order valence-corrected chi connectivity index (χ4v) is 2.46. The molecule has 0 bridgehead atoms. The molecule has 3 nitrogen and oxygen atoms in total. The molecule has 96 valence electrons. The van der Waals surface area contributed by atoms with Crippen LogP contribution in [0.15, 0.2) is 35.1 Å². The van der Waals surface area contributed by atoms with Crippen LogP contribution in [-0.4, -0.2) is 16.6 Å². The second kappa shape index (κ2) is 5.63. The molecule has 1 aromatic heterocycles. The zero-order valence-electron chi connectivity index (χ0n) is 10.3. The van der Waals surface area contributed by atoms with E-state index in [0.29, 0.717) is 0 Å². The second-order valence-corrected chi connectivity index (χ2v) is 5.03. The zero-order valence-corrected chi connectivity index (χ0v) is 11.9. The highest BCUT2D eigenvalue weighted by Gasteiger charge is 2.16. The van der Waals surface area contributed by atoms with Gasteiger partial charge in [-0.1, -0.05) is 22.0 Å². The van der Waals surface area contributed by atoms with Gasteiger partial charge in [0.2, 0.25) is 0 Å². The van der Waals surface area contributed by atoms with Crippen molar-refractivity contribution in [2.75, 3.05) is 7.05 Å².